The first-order valence-electron chi connectivity index (χ1n) is 4.60. The van der Waals surface area contributed by atoms with E-state index in [0.29, 0.717) is 0 Å². The van der Waals surface area contributed by atoms with Crippen LogP contribution in [0.3, 0.4) is 0 Å². The monoisotopic (exact) mass is 439 g/mol. The third kappa shape index (κ3) is 3.58. The standard InChI is InChI=1S/C10H9I2N4/c1-7-2-3-9(16-15-7)12-4-10-13-5-8(11)6-14-10/h2-3,5-6H,4H2,1H3/q-1. The molecule has 0 saturated carbocycles. The summed E-state index contributed by atoms with van der Waals surface area (Å²) in [5.41, 5.74) is 0.957. The molecule has 0 atom stereocenters. The van der Waals surface area contributed by atoms with Crippen molar-refractivity contribution in [3.05, 3.63) is 43.3 Å². The van der Waals surface area contributed by atoms with Crippen molar-refractivity contribution in [2.24, 2.45) is 0 Å². The Kier molecular flexibility index (Phi) is 4.38. The Morgan fingerprint density at radius 2 is 1.94 bits per heavy atom. The zero-order valence-electron chi connectivity index (χ0n) is 8.56. The molecule has 0 N–H and O–H groups in total. The van der Waals surface area contributed by atoms with Crippen molar-refractivity contribution >= 4 is 22.6 Å². The Morgan fingerprint density at radius 1 is 1.19 bits per heavy atom. The molecule has 0 aromatic carbocycles. The first-order valence-corrected chi connectivity index (χ1v) is 8.28. The fraction of sp³-hybridized carbons (Fsp3) is 0.200. The zero-order chi connectivity index (χ0) is 11.4. The number of halogens is 2. The Balaban J connectivity index is 1.97. The van der Waals surface area contributed by atoms with Crippen molar-refractivity contribution < 1.29 is 21.2 Å². The molecule has 0 saturated heterocycles. The summed E-state index contributed by atoms with van der Waals surface area (Å²) in [6.45, 7) is 1.94. The fourth-order valence-corrected chi connectivity index (χ4v) is 3.09. The summed E-state index contributed by atoms with van der Waals surface area (Å²) in [7, 11) is 0. The van der Waals surface area contributed by atoms with E-state index < -0.39 is 0 Å². The molecule has 2 aromatic heterocycles. The second-order valence-electron chi connectivity index (χ2n) is 3.08. The molecule has 16 heavy (non-hydrogen) atoms. The van der Waals surface area contributed by atoms with Gasteiger partial charge in [0, 0.05) is 0 Å². The average molecular weight is 439 g/mol. The van der Waals surface area contributed by atoms with Crippen molar-refractivity contribution in [1.29, 1.82) is 0 Å². The molecule has 0 unspecified atom stereocenters. The van der Waals surface area contributed by atoms with Crippen LogP contribution in [0.2, 0.25) is 0 Å². The number of alkyl halides is 1. The number of rotatable bonds is 3. The average Bonchev–Trinajstić information content (AvgIpc) is 2.30. The van der Waals surface area contributed by atoms with E-state index in [1.54, 1.807) is 0 Å². The molecule has 2 rings (SSSR count). The topological polar surface area (TPSA) is 51.6 Å². The summed E-state index contributed by atoms with van der Waals surface area (Å²) in [4.78, 5) is 8.54. The maximum atomic E-state index is 4.27. The van der Waals surface area contributed by atoms with Crippen LogP contribution in [0.25, 0.3) is 0 Å². The van der Waals surface area contributed by atoms with E-state index in [1.165, 1.54) is 0 Å². The molecular formula is C10H9I2N4-. The van der Waals surface area contributed by atoms with Crippen LogP contribution in [0.4, 0.5) is 0 Å². The fourth-order valence-electron chi connectivity index (χ4n) is 0.990. The summed E-state index contributed by atoms with van der Waals surface area (Å²) in [6, 6.07) is 4.04. The van der Waals surface area contributed by atoms with E-state index in [0.717, 1.165) is 23.2 Å². The Labute approximate surface area is 118 Å². The summed E-state index contributed by atoms with van der Waals surface area (Å²) < 4.78 is 3.06. The molecule has 0 radical (unpaired) electrons. The van der Waals surface area contributed by atoms with Gasteiger partial charge in [-0.05, 0) is 0 Å². The van der Waals surface area contributed by atoms with Gasteiger partial charge >= 0.3 is 119 Å². The number of aromatic nitrogens is 4. The van der Waals surface area contributed by atoms with Crippen LogP contribution in [-0.4, -0.2) is 20.2 Å². The number of hydrogen-bond acceptors (Lipinski definition) is 4. The molecule has 0 aliphatic rings. The molecule has 0 spiro atoms. The van der Waals surface area contributed by atoms with Gasteiger partial charge in [0.15, 0.2) is 0 Å². The predicted molar refractivity (Wildman–Crippen MR) is 63.9 cm³/mol. The third-order valence-electron chi connectivity index (χ3n) is 1.76. The molecule has 2 aromatic rings. The van der Waals surface area contributed by atoms with E-state index in [9.17, 15) is 0 Å². The van der Waals surface area contributed by atoms with Crippen LogP contribution >= 0.6 is 22.6 Å². The Hall–Kier alpha value is -0.380. The Bertz CT molecular complexity index is 410. The van der Waals surface area contributed by atoms with Gasteiger partial charge in [-0.2, -0.15) is 0 Å². The van der Waals surface area contributed by atoms with Gasteiger partial charge in [0.2, 0.25) is 0 Å². The van der Waals surface area contributed by atoms with Gasteiger partial charge in [-0.3, -0.25) is 0 Å². The first kappa shape index (κ1) is 12.1. The van der Waals surface area contributed by atoms with Crippen LogP contribution in [0.15, 0.2) is 24.5 Å². The molecule has 0 amide bonds. The van der Waals surface area contributed by atoms with Gasteiger partial charge in [-0.15, -0.1) is 0 Å². The minimum atomic E-state index is -0.176. The second-order valence-corrected chi connectivity index (χ2v) is 6.96. The van der Waals surface area contributed by atoms with Gasteiger partial charge < -0.3 is 0 Å². The summed E-state index contributed by atoms with van der Waals surface area (Å²) in [6.07, 6.45) is 3.68. The number of nitrogens with zero attached hydrogens (tertiary/aromatic N) is 4. The van der Waals surface area contributed by atoms with E-state index >= 15 is 0 Å². The minimum absolute atomic E-state index is 0.176. The molecule has 0 aliphatic heterocycles. The zero-order valence-corrected chi connectivity index (χ0v) is 12.9. The molecule has 2 heterocycles. The summed E-state index contributed by atoms with van der Waals surface area (Å²) >= 11 is 2.03. The molecule has 4 nitrogen and oxygen atoms in total. The summed E-state index contributed by atoms with van der Waals surface area (Å²) in [5.74, 6) is 0.899. The van der Waals surface area contributed by atoms with Crippen molar-refractivity contribution in [3.63, 3.8) is 0 Å². The third-order valence-corrected chi connectivity index (χ3v) is 4.74. The van der Waals surface area contributed by atoms with Crippen LogP contribution in [0, 0.1) is 14.2 Å². The van der Waals surface area contributed by atoms with E-state index in [4.69, 9.17) is 0 Å². The molecular weight excluding hydrogens is 430 g/mol. The van der Waals surface area contributed by atoms with E-state index in [1.807, 2.05) is 31.5 Å². The molecule has 0 bridgehead atoms. The van der Waals surface area contributed by atoms with Crippen molar-refractivity contribution in [1.82, 2.24) is 20.2 Å². The molecule has 0 aliphatic carbocycles. The van der Waals surface area contributed by atoms with Crippen LogP contribution in [-0.2, 0) is 4.43 Å². The summed E-state index contributed by atoms with van der Waals surface area (Å²) in [5, 5.41) is 8.19. The number of aryl methyl sites for hydroxylation is 1. The molecule has 84 valence electrons. The van der Waals surface area contributed by atoms with Gasteiger partial charge in [-0.1, -0.05) is 0 Å². The molecule has 6 heteroatoms. The Morgan fingerprint density at radius 3 is 2.56 bits per heavy atom. The van der Waals surface area contributed by atoms with Crippen molar-refractivity contribution in [3.8, 4) is 0 Å². The van der Waals surface area contributed by atoms with Crippen LogP contribution in [0.5, 0.6) is 0 Å². The van der Waals surface area contributed by atoms with Gasteiger partial charge in [0.1, 0.15) is 0 Å². The first-order chi connectivity index (χ1) is 7.74. The van der Waals surface area contributed by atoms with Crippen LogP contribution < -0.4 is 21.2 Å². The van der Waals surface area contributed by atoms with Gasteiger partial charge in [0.05, 0.1) is 0 Å². The second kappa shape index (κ2) is 5.80. The normalized spacial score (nSPS) is 10.6. The maximum absolute atomic E-state index is 4.27. The van der Waals surface area contributed by atoms with E-state index in [-0.39, 0.29) is 21.2 Å². The van der Waals surface area contributed by atoms with Gasteiger partial charge in [-0.25, -0.2) is 0 Å². The number of hydrogen-bond donors (Lipinski definition) is 0. The van der Waals surface area contributed by atoms with Gasteiger partial charge in [0.25, 0.3) is 0 Å². The predicted octanol–water partition coefficient (Wildman–Crippen LogP) is -1.36. The van der Waals surface area contributed by atoms with Crippen molar-refractivity contribution in [2.45, 2.75) is 11.4 Å². The van der Waals surface area contributed by atoms with Crippen molar-refractivity contribution in [2.75, 3.05) is 0 Å². The van der Waals surface area contributed by atoms with E-state index in [2.05, 4.69) is 42.8 Å². The SMILES string of the molecule is Cc1ccc([I-]Cc2ncc(I)cn2)nn1. The molecule has 0 fully saturated rings. The quantitative estimate of drug-likeness (QED) is 0.438. The van der Waals surface area contributed by atoms with Crippen LogP contribution in [0.1, 0.15) is 11.5 Å².